The maximum absolute atomic E-state index is 16.9. The smallest absolute Gasteiger partial charge is 0.314 e. The van der Waals surface area contributed by atoms with Crippen molar-refractivity contribution in [2.75, 3.05) is 13.2 Å². The first-order chi connectivity index (χ1) is 42.7. The Morgan fingerprint density at radius 1 is 0.333 bits per heavy atom. The van der Waals surface area contributed by atoms with Crippen LogP contribution in [0.25, 0.3) is 77.2 Å². The Morgan fingerprint density at radius 3 is 0.871 bits per heavy atom. The molecule has 8 aromatic carbocycles. The van der Waals surface area contributed by atoms with E-state index < -0.39 is 41.6 Å². The summed E-state index contributed by atoms with van der Waals surface area (Å²) >= 11 is 0. The number of aromatic nitrogens is 2. The number of alkyl halides is 2. The number of rotatable bonds is 14. The summed E-state index contributed by atoms with van der Waals surface area (Å²) in [6.07, 6.45) is 1.46. The van der Waals surface area contributed by atoms with Crippen molar-refractivity contribution >= 4 is 43.6 Å². The van der Waals surface area contributed by atoms with Gasteiger partial charge in [0.15, 0.2) is 13.2 Å². The number of nitrogens with zero attached hydrogens (tertiary/aromatic N) is 2. The molecule has 0 aliphatic carbocycles. The predicted molar refractivity (Wildman–Crippen MR) is 381 cm³/mol. The summed E-state index contributed by atoms with van der Waals surface area (Å²) < 4.78 is 82.2. The van der Waals surface area contributed by atoms with Gasteiger partial charge in [0.25, 0.3) is 0 Å². The first kappa shape index (κ1) is 68.1. The zero-order valence-electron chi connectivity index (χ0n) is 59.1. The molecule has 0 saturated carbocycles. The third-order valence-corrected chi connectivity index (χ3v) is 18.5. The predicted octanol–water partition coefficient (Wildman–Crippen LogP) is 23.6. The number of phenolic OH excluding ortho intramolecular Hbond substituents is 2. The number of phenols is 2. The third kappa shape index (κ3) is 13.9. The Bertz CT molecular complexity index is 4100. The van der Waals surface area contributed by atoms with E-state index in [0.717, 1.165) is 102 Å². The SMILES string of the molecule is CC(C)(C)CC(C)(C)c1cc(-c2cc(F)ccc2OCC(F)(F)COc2ccc(F)cc2-c2cc(C(C)(C)CC(C)(C)C)cc(-n3c4ccc(C(C)(C)C)cc4c4cc(C(C)(C)C)ccc43)c2O)c(O)c(-n2c3ccc(C(C)(C)C)cc3c3cc(C(C)(C)C)ccc32)c1. The highest BCUT2D eigenvalue weighted by Crippen LogP contribution is 2.51. The molecule has 2 N–H and O–H groups in total. The molecule has 0 amide bonds. The second-order valence-electron chi connectivity index (χ2n) is 34.3. The lowest BCUT2D eigenvalue weighted by Crippen LogP contribution is -2.33. The van der Waals surface area contributed by atoms with E-state index in [1.807, 2.05) is 24.3 Å². The molecule has 0 saturated heterocycles. The normalized spacial score (nSPS) is 13.5. The molecule has 0 radical (unpaired) electrons. The topological polar surface area (TPSA) is 68.8 Å². The Balaban J connectivity index is 1.06. The van der Waals surface area contributed by atoms with Crippen molar-refractivity contribution in [1.29, 1.82) is 0 Å². The summed E-state index contributed by atoms with van der Waals surface area (Å²) in [5.74, 6) is -5.55. The summed E-state index contributed by atoms with van der Waals surface area (Å²) in [6, 6.07) is 40.8. The van der Waals surface area contributed by atoms with Crippen LogP contribution in [0, 0.1) is 22.5 Å². The van der Waals surface area contributed by atoms with Crippen LogP contribution in [-0.2, 0) is 32.5 Å². The van der Waals surface area contributed by atoms with Gasteiger partial charge in [-0.25, -0.2) is 8.78 Å². The maximum Gasteiger partial charge on any atom is 0.314 e. The largest absolute Gasteiger partial charge is 0.505 e. The molecule has 0 atom stereocenters. The van der Waals surface area contributed by atoms with Gasteiger partial charge in [0.1, 0.15) is 34.6 Å². The number of hydrogen-bond donors (Lipinski definition) is 2. The average Bonchev–Trinajstić information content (AvgIpc) is 1.55. The van der Waals surface area contributed by atoms with E-state index in [9.17, 15) is 10.2 Å². The Hall–Kier alpha value is -7.72. The number of aromatic hydroxyl groups is 2. The molecule has 10 aromatic rings. The molecule has 0 bridgehead atoms. The zero-order valence-corrected chi connectivity index (χ0v) is 59.1. The first-order valence-corrected chi connectivity index (χ1v) is 32.9. The van der Waals surface area contributed by atoms with Crippen molar-refractivity contribution < 1.29 is 37.2 Å². The van der Waals surface area contributed by atoms with Gasteiger partial charge >= 0.3 is 5.92 Å². The fraction of sp³-hybridized carbons (Fsp3) is 0.422. The summed E-state index contributed by atoms with van der Waals surface area (Å²) in [7, 11) is 0. The van der Waals surface area contributed by atoms with E-state index in [0.29, 0.717) is 11.4 Å². The van der Waals surface area contributed by atoms with Crippen LogP contribution >= 0.6 is 0 Å². The Kier molecular flexibility index (Phi) is 17.1. The van der Waals surface area contributed by atoms with E-state index in [1.165, 1.54) is 24.3 Å². The van der Waals surface area contributed by atoms with Crippen molar-refractivity contribution in [3.8, 4) is 56.6 Å². The highest BCUT2D eigenvalue weighted by Gasteiger charge is 2.37. The van der Waals surface area contributed by atoms with E-state index in [-0.39, 0.29) is 77.7 Å². The molecule has 2 aromatic heterocycles. The molecule has 10 rings (SSSR count). The molecule has 6 nitrogen and oxygen atoms in total. The molecule has 93 heavy (non-hydrogen) atoms. The molecule has 2 heterocycles. The van der Waals surface area contributed by atoms with Gasteiger partial charge in [-0.2, -0.15) is 8.78 Å². The van der Waals surface area contributed by atoms with Crippen LogP contribution in [-0.4, -0.2) is 38.5 Å². The Labute approximate surface area is 550 Å². The second kappa shape index (κ2) is 23.3. The highest BCUT2D eigenvalue weighted by atomic mass is 19.3. The van der Waals surface area contributed by atoms with Crippen LogP contribution in [0.15, 0.2) is 133 Å². The lowest BCUT2D eigenvalue weighted by molar-refractivity contribution is -0.0726. The molecule has 10 heteroatoms. The second-order valence-corrected chi connectivity index (χ2v) is 34.3. The molecule has 0 aliphatic heterocycles. The molecule has 0 fully saturated rings. The minimum Gasteiger partial charge on any atom is -0.505 e. The average molecular weight is 1260 g/mol. The standard InChI is InChI=1S/C83H98F4N2O4/c1-75(2,3)45-81(19,20)53-39-63(73(90)69(41-53)88-65-29-23-49(77(7,8)9)35-57(65)58-36-50(78(10,11)12)24-30-66(58)88)61-43-55(84)27-33-71(61)92-47-83(86,87)48-93-72-34-28-56(85)44-62(72)64-40-54(82(21,22)46-76(4,5)6)42-70(74(64)91)89-67-31-25-51(79(13,14)15)37-59(67)60-38-52(80(16,17)18)26-32-68(60)89/h23-44,90-91H,45-48H2,1-22H3. The number of fused-ring (bicyclic) bond motifs is 6. The fourth-order valence-electron chi connectivity index (χ4n) is 14.1. The number of ether oxygens (including phenoxy) is 2. The number of hydrogen-bond acceptors (Lipinski definition) is 4. The summed E-state index contributed by atoms with van der Waals surface area (Å²) in [5.41, 5.74) is 9.27. The van der Waals surface area contributed by atoms with Crippen LogP contribution in [0.4, 0.5) is 17.6 Å². The highest BCUT2D eigenvalue weighted by molar-refractivity contribution is 6.11. The van der Waals surface area contributed by atoms with Crippen LogP contribution in [0.3, 0.4) is 0 Å². The minimum atomic E-state index is -3.70. The Morgan fingerprint density at radius 2 is 0.613 bits per heavy atom. The summed E-state index contributed by atoms with van der Waals surface area (Å²) in [4.78, 5) is 0. The molecule has 0 unspecified atom stereocenters. The van der Waals surface area contributed by atoms with Gasteiger partial charge in [0, 0.05) is 43.8 Å². The van der Waals surface area contributed by atoms with Crippen LogP contribution in [0.5, 0.6) is 23.0 Å². The van der Waals surface area contributed by atoms with E-state index in [4.69, 9.17) is 9.47 Å². The van der Waals surface area contributed by atoms with E-state index in [1.54, 1.807) is 0 Å². The van der Waals surface area contributed by atoms with Gasteiger partial charge in [-0.3, -0.25) is 0 Å². The van der Waals surface area contributed by atoms with Crippen molar-refractivity contribution in [2.45, 2.75) is 204 Å². The third-order valence-electron chi connectivity index (χ3n) is 18.5. The van der Waals surface area contributed by atoms with Gasteiger partial charge in [-0.15, -0.1) is 0 Å². The minimum absolute atomic E-state index is 0.0820. The van der Waals surface area contributed by atoms with E-state index in [2.05, 4.69) is 234 Å². The summed E-state index contributed by atoms with van der Waals surface area (Å²) in [5, 5.41) is 30.0. The molecular weight excluding hydrogens is 1160 g/mol. The number of benzene rings is 8. The lowest BCUT2D eigenvalue weighted by Gasteiger charge is -2.34. The van der Waals surface area contributed by atoms with Gasteiger partial charge in [0.05, 0.1) is 33.4 Å². The lowest BCUT2D eigenvalue weighted by atomic mass is 9.71. The monoisotopic (exact) mass is 1260 g/mol. The molecule has 0 aliphatic rings. The molecule has 0 spiro atoms. The quantitative estimate of drug-likeness (QED) is 0.106. The van der Waals surface area contributed by atoms with Crippen LogP contribution < -0.4 is 9.47 Å². The van der Waals surface area contributed by atoms with Gasteiger partial charge in [-0.1, -0.05) is 177 Å². The molecule has 492 valence electrons. The van der Waals surface area contributed by atoms with Gasteiger partial charge < -0.3 is 28.8 Å². The van der Waals surface area contributed by atoms with Crippen molar-refractivity contribution in [1.82, 2.24) is 9.13 Å². The van der Waals surface area contributed by atoms with Crippen molar-refractivity contribution in [3.63, 3.8) is 0 Å². The van der Waals surface area contributed by atoms with Gasteiger partial charge in [-0.05, 0) is 199 Å². The first-order valence-electron chi connectivity index (χ1n) is 32.9. The van der Waals surface area contributed by atoms with Crippen LogP contribution in [0.2, 0.25) is 0 Å². The van der Waals surface area contributed by atoms with Crippen LogP contribution in [0.1, 0.15) is 199 Å². The maximum atomic E-state index is 16.9. The fourth-order valence-corrected chi connectivity index (χ4v) is 14.1. The van der Waals surface area contributed by atoms with E-state index >= 15 is 17.6 Å². The number of halogens is 4. The van der Waals surface area contributed by atoms with Gasteiger partial charge in [0.2, 0.25) is 0 Å². The summed E-state index contributed by atoms with van der Waals surface area (Å²) in [6.45, 7) is 45.4. The zero-order chi connectivity index (χ0) is 68.5. The molecular formula is C83H98F4N2O4. The van der Waals surface area contributed by atoms with Crippen molar-refractivity contribution in [3.05, 3.63) is 178 Å². The van der Waals surface area contributed by atoms with Crippen molar-refractivity contribution in [2.24, 2.45) is 10.8 Å².